The summed E-state index contributed by atoms with van der Waals surface area (Å²) in [5.41, 5.74) is 0. The average molecular weight is 183 g/mol. The molecule has 0 bridgehead atoms. The molecular formula is C10H17NO2. The topological polar surface area (TPSA) is 40.5 Å². The molecule has 0 spiro atoms. The summed E-state index contributed by atoms with van der Waals surface area (Å²) in [7, 11) is 0. The Hall–Kier alpha value is -0.570. The number of hydrogen-bond acceptors (Lipinski definition) is 2. The van der Waals surface area contributed by atoms with Crippen molar-refractivity contribution in [3.63, 3.8) is 0 Å². The zero-order chi connectivity index (χ0) is 9.42. The summed E-state index contributed by atoms with van der Waals surface area (Å²) in [5, 5.41) is 8.58. The molecule has 0 aromatic rings. The zero-order valence-electron chi connectivity index (χ0n) is 8.07. The van der Waals surface area contributed by atoms with E-state index in [0.717, 1.165) is 19.0 Å². The van der Waals surface area contributed by atoms with Crippen LogP contribution in [0.3, 0.4) is 0 Å². The van der Waals surface area contributed by atoms with Gasteiger partial charge < -0.3 is 5.11 Å². The molecule has 3 nitrogen and oxygen atoms in total. The fraction of sp³-hybridized carbons (Fsp3) is 0.900. The van der Waals surface area contributed by atoms with Crippen LogP contribution in [0, 0.1) is 11.8 Å². The lowest BCUT2D eigenvalue weighted by molar-refractivity contribution is -0.139. The maximum atomic E-state index is 10.4. The quantitative estimate of drug-likeness (QED) is 0.711. The largest absolute Gasteiger partial charge is 0.481 e. The second-order valence-electron chi connectivity index (χ2n) is 4.50. The lowest BCUT2D eigenvalue weighted by Gasteiger charge is -2.43. The van der Waals surface area contributed by atoms with Crippen molar-refractivity contribution in [2.45, 2.75) is 32.2 Å². The van der Waals surface area contributed by atoms with Crippen LogP contribution in [0.25, 0.3) is 0 Å². The van der Waals surface area contributed by atoms with Gasteiger partial charge in [0.25, 0.3) is 0 Å². The van der Waals surface area contributed by atoms with Crippen LogP contribution < -0.4 is 0 Å². The summed E-state index contributed by atoms with van der Waals surface area (Å²) in [6.45, 7) is 4.28. The van der Waals surface area contributed by atoms with Crippen molar-refractivity contribution in [1.82, 2.24) is 4.90 Å². The first-order valence-corrected chi connectivity index (χ1v) is 5.12. The first-order chi connectivity index (χ1) is 6.16. The minimum Gasteiger partial charge on any atom is -0.481 e. The third-order valence-corrected chi connectivity index (χ3v) is 3.33. The molecule has 0 aromatic heterocycles. The summed E-state index contributed by atoms with van der Waals surface area (Å²) in [5.74, 6) is 0.674. The number of likely N-dealkylation sites (tertiary alicyclic amines) is 1. The van der Waals surface area contributed by atoms with Crippen molar-refractivity contribution in [3.05, 3.63) is 0 Å². The van der Waals surface area contributed by atoms with Crippen LogP contribution in [-0.4, -0.2) is 35.1 Å². The Balaban J connectivity index is 1.68. The lowest BCUT2D eigenvalue weighted by atomic mass is 9.93. The number of nitrogens with zero attached hydrogens (tertiary/aromatic N) is 1. The van der Waals surface area contributed by atoms with Gasteiger partial charge in [0.2, 0.25) is 0 Å². The Morgan fingerprint density at radius 1 is 1.54 bits per heavy atom. The fourth-order valence-corrected chi connectivity index (χ4v) is 2.20. The predicted octanol–water partition coefficient (Wildman–Crippen LogP) is 1.19. The summed E-state index contributed by atoms with van der Waals surface area (Å²) in [4.78, 5) is 12.8. The van der Waals surface area contributed by atoms with Crippen molar-refractivity contribution in [1.29, 1.82) is 0 Å². The minimum absolute atomic E-state index is 0.355. The third-order valence-electron chi connectivity index (χ3n) is 3.33. The average Bonchev–Trinajstić information content (AvgIpc) is 2.75. The summed E-state index contributed by atoms with van der Waals surface area (Å²) < 4.78 is 0. The first-order valence-electron chi connectivity index (χ1n) is 5.12. The van der Waals surface area contributed by atoms with E-state index in [1.54, 1.807) is 0 Å². The van der Waals surface area contributed by atoms with Crippen molar-refractivity contribution in [2.24, 2.45) is 11.8 Å². The molecular weight excluding hydrogens is 166 g/mol. The van der Waals surface area contributed by atoms with Crippen LogP contribution in [0.4, 0.5) is 0 Å². The number of carboxylic acid groups (broad SMARTS) is 1. The highest BCUT2D eigenvalue weighted by molar-refractivity contribution is 5.67. The van der Waals surface area contributed by atoms with Crippen LogP contribution in [0.1, 0.15) is 26.2 Å². The van der Waals surface area contributed by atoms with Gasteiger partial charge in [-0.1, -0.05) is 0 Å². The van der Waals surface area contributed by atoms with Crippen LogP contribution in [0.5, 0.6) is 0 Å². The van der Waals surface area contributed by atoms with E-state index in [9.17, 15) is 4.79 Å². The Kier molecular flexibility index (Phi) is 2.28. The van der Waals surface area contributed by atoms with Crippen molar-refractivity contribution >= 4 is 5.97 Å². The summed E-state index contributed by atoms with van der Waals surface area (Å²) >= 11 is 0. The van der Waals surface area contributed by atoms with Gasteiger partial charge in [0.05, 0.1) is 6.42 Å². The molecule has 1 aliphatic carbocycles. The second kappa shape index (κ2) is 3.29. The Labute approximate surface area is 78.7 Å². The molecule has 1 heterocycles. The van der Waals surface area contributed by atoms with Gasteiger partial charge in [0, 0.05) is 19.1 Å². The number of aliphatic carboxylic acids is 1. The van der Waals surface area contributed by atoms with Gasteiger partial charge in [-0.15, -0.1) is 0 Å². The molecule has 3 heteroatoms. The molecule has 1 saturated heterocycles. The Bertz CT molecular complexity index is 207. The Morgan fingerprint density at radius 3 is 2.62 bits per heavy atom. The van der Waals surface area contributed by atoms with E-state index < -0.39 is 5.97 Å². The number of carbonyl (C=O) groups is 1. The van der Waals surface area contributed by atoms with Gasteiger partial charge in [-0.25, -0.2) is 0 Å². The predicted molar refractivity (Wildman–Crippen MR) is 49.5 cm³/mol. The summed E-state index contributed by atoms with van der Waals surface area (Å²) in [6, 6.07) is 0.699. The fourth-order valence-electron chi connectivity index (χ4n) is 2.20. The maximum absolute atomic E-state index is 10.4. The van der Waals surface area contributed by atoms with E-state index in [4.69, 9.17) is 5.11 Å². The molecule has 0 radical (unpaired) electrons. The monoisotopic (exact) mass is 183 g/mol. The molecule has 2 rings (SSSR count). The molecule has 1 aliphatic heterocycles. The SMILES string of the molecule is CC(C1CC1)N1CC(CC(=O)O)C1. The van der Waals surface area contributed by atoms with E-state index in [0.29, 0.717) is 18.4 Å². The molecule has 1 saturated carbocycles. The van der Waals surface area contributed by atoms with Crippen molar-refractivity contribution in [2.75, 3.05) is 13.1 Å². The van der Waals surface area contributed by atoms with Gasteiger partial charge in [0.15, 0.2) is 0 Å². The molecule has 74 valence electrons. The molecule has 0 amide bonds. The zero-order valence-corrected chi connectivity index (χ0v) is 8.07. The highest BCUT2D eigenvalue weighted by atomic mass is 16.4. The van der Waals surface area contributed by atoms with Gasteiger partial charge in [-0.2, -0.15) is 0 Å². The van der Waals surface area contributed by atoms with Crippen molar-refractivity contribution < 1.29 is 9.90 Å². The molecule has 0 aromatic carbocycles. The third kappa shape index (κ3) is 2.02. The molecule has 2 aliphatic rings. The van der Waals surface area contributed by atoms with Crippen LogP contribution in [0.15, 0.2) is 0 Å². The van der Waals surface area contributed by atoms with Crippen LogP contribution in [0.2, 0.25) is 0 Å². The lowest BCUT2D eigenvalue weighted by Crippen LogP contribution is -2.52. The Morgan fingerprint density at radius 2 is 2.15 bits per heavy atom. The standard InChI is InChI=1S/C10H17NO2/c1-7(9-2-3-9)11-5-8(6-11)4-10(12)13/h7-9H,2-6H2,1H3,(H,12,13). The normalized spacial score (nSPS) is 26.8. The number of rotatable bonds is 4. The molecule has 1 atom stereocenters. The highest BCUT2D eigenvalue weighted by Gasteiger charge is 2.38. The van der Waals surface area contributed by atoms with Crippen molar-refractivity contribution in [3.8, 4) is 0 Å². The smallest absolute Gasteiger partial charge is 0.303 e. The van der Waals surface area contributed by atoms with Gasteiger partial charge in [-0.3, -0.25) is 9.69 Å². The molecule has 1 unspecified atom stereocenters. The van der Waals surface area contributed by atoms with E-state index in [2.05, 4.69) is 11.8 Å². The minimum atomic E-state index is -0.649. The van der Waals surface area contributed by atoms with Gasteiger partial charge in [0.1, 0.15) is 0 Å². The van der Waals surface area contributed by atoms with Crippen LogP contribution >= 0.6 is 0 Å². The second-order valence-corrected chi connectivity index (χ2v) is 4.50. The maximum Gasteiger partial charge on any atom is 0.303 e. The number of hydrogen-bond donors (Lipinski definition) is 1. The number of carboxylic acids is 1. The van der Waals surface area contributed by atoms with Crippen LogP contribution in [-0.2, 0) is 4.79 Å². The van der Waals surface area contributed by atoms with E-state index in [-0.39, 0.29) is 0 Å². The highest BCUT2D eigenvalue weighted by Crippen LogP contribution is 2.37. The van der Waals surface area contributed by atoms with Gasteiger partial charge >= 0.3 is 5.97 Å². The van der Waals surface area contributed by atoms with Gasteiger partial charge in [-0.05, 0) is 31.6 Å². The molecule has 1 N–H and O–H groups in total. The van der Waals surface area contributed by atoms with E-state index in [1.165, 1.54) is 12.8 Å². The van der Waals surface area contributed by atoms with E-state index in [1.807, 2.05) is 0 Å². The molecule has 2 fully saturated rings. The first kappa shape index (κ1) is 9.00. The molecule has 13 heavy (non-hydrogen) atoms. The summed E-state index contributed by atoms with van der Waals surface area (Å²) in [6.07, 6.45) is 3.11. The van der Waals surface area contributed by atoms with E-state index >= 15 is 0 Å².